The first kappa shape index (κ1) is 20.2. The molecule has 152 valence electrons. The minimum absolute atomic E-state index is 0.229. The second-order valence-corrected chi connectivity index (χ2v) is 7.70. The Kier molecular flexibility index (Phi) is 5.09. The number of alkyl halides is 2. The molecule has 1 aliphatic rings. The lowest BCUT2D eigenvalue weighted by Crippen LogP contribution is -2.56. The fourth-order valence-electron chi connectivity index (χ4n) is 3.24. The predicted octanol–water partition coefficient (Wildman–Crippen LogP) is 5.73. The van der Waals surface area contributed by atoms with Crippen molar-refractivity contribution in [3.8, 4) is 22.8 Å². The molecule has 0 amide bonds. The molecule has 1 aromatic carbocycles. The SMILES string of the molecule is COc1cc(OC)c(Cl)c(-c2cc3cnc(Cl)cc3c(N3CC(F)(F)C3)n2)c1Cl. The van der Waals surface area contributed by atoms with Crippen LogP contribution < -0.4 is 14.4 Å². The van der Waals surface area contributed by atoms with Crippen LogP contribution in [0.1, 0.15) is 0 Å². The van der Waals surface area contributed by atoms with Crippen molar-refractivity contribution in [2.45, 2.75) is 5.92 Å². The van der Waals surface area contributed by atoms with Crippen LogP contribution in [-0.2, 0) is 0 Å². The van der Waals surface area contributed by atoms with Crippen molar-refractivity contribution in [3.05, 3.63) is 39.6 Å². The molecule has 0 aliphatic carbocycles. The van der Waals surface area contributed by atoms with Gasteiger partial charge in [0.25, 0.3) is 5.92 Å². The van der Waals surface area contributed by atoms with Crippen molar-refractivity contribution in [2.24, 2.45) is 0 Å². The summed E-state index contributed by atoms with van der Waals surface area (Å²) in [6.07, 6.45) is 1.55. The van der Waals surface area contributed by atoms with E-state index < -0.39 is 19.0 Å². The Balaban J connectivity index is 1.98. The van der Waals surface area contributed by atoms with E-state index in [9.17, 15) is 8.78 Å². The summed E-state index contributed by atoms with van der Waals surface area (Å²) in [6, 6.07) is 4.87. The molecule has 3 heterocycles. The predicted molar refractivity (Wildman–Crippen MR) is 110 cm³/mol. The zero-order chi connectivity index (χ0) is 20.9. The van der Waals surface area contributed by atoms with Gasteiger partial charge in [-0.1, -0.05) is 34.8 Å². The Morgan fingerprint density at radius 1 is 1.00 bits per heavy atom. The van der Waals surface area contributed by atoms with Gasteiger partial charge in [0.1, 0.15) is 22.5 Å². The standard InChI is InChI=1S/C19H14Cl3F2N3O2/c1-28-12-5-13(29-2)17(22)15(16(12)21)11-3-9-6-25-14(20)4-10(9)18(26-11)27-7-19(23,24)8-27/h3-6H,7-8H2,1-2H3. The number of benzene rings is 1. The van der Waals surface area contributed by atoms with E-state index >= 15 is 0 Å². The lowest BCUT2D eigenvalue weighted by Gasteiger charge is -2.40. The first-order chi connectivity index (χ1) is 13.7. The highest BCUT2D eigenvalue weighted by Crippen LogP contribution is 2.47. The Hall–Kier alpha value is -2.09. The number of ether oxygens (including phenoxy) is 2. The summed E-state index contributed by atoms with van der Waals surface area (Å²) in [7, 11) is 2.93. The molecule has 0 atom stereocenters. The van der Waals surface area contributed by atoms with Crippen molar-refractivity contribution in [1.29, 1.82) is 0 Å². The fourth-order valence-corrected chi connectivity index (χ4v) is 4.10. The minimum Gasteiger partial charge on any atom is -0.495 e. The molecule has 3 aromatic rings. The largest absolute Gasteiger partial charge is 0.495 e. The summed E-state index contributed by atoms with van der Waals surface area (Å²) >= 11 is 19.0. The average Bonchev–Trinajstić information content (AvgIpc) is 2.66. The van der Waals surface area contributed by atoms with Crippen molar-refractivity contribution in [3.63, 3.8) is 0 Å². The zero-order valence-electron chi connectivity index (χ0n) is 15.3. The summed E-state index contributed by atoms with van der Waals surface area (Å²) < 4.78 is 37.7. The molecule has 0 saturated carbocycles. The van der Waals surface area contributed by atoms with Crippen LogP contribution in [0.2, 0.25) is 15.2 Å². The quantitative estimate of drug-likeness (QED) is 0.465. The molecule has 1 aliphatic heterocycles. The van der Waals surface area contributed by atoms with Gasteiger partial charge in [0.2, 0.25) is 0 Å². The summed E-state index contributed by atoms with van der Waals surface area (Å²) in [4.78, 5) is 10.2. The van der Waals surface area contributed by atoms with E-state index in [0.29, 0.717) is 39.3 Å². The van der Waals surface area contributed by atoms with Gasteiger partial charge in [-0.25, -0.2) is 18.7 Å². The van der Waals surface area contributed by atoms with Crippen LogP contribution in [-0.4, -0.2) is 43.2 Å². The number of hydrogen-bond donors (Lipinski definition) is 0. The van der Waals surface area contributed by atoms with Gasteiger partial charge in [-0.3, -0.25) is 0 Å². The van der Waals surface area contributed by atoms with Gasteiger partial charge in [-0.2, -0.15) is 0 Å². The number of rotatable bonds is 4. The summed E-state index contributed by atoms with van der Waals surface area (Å²) in [5, 5.41) is 1.95. The van der Waals surface area contributed by atoms with Crippen molar-refractivity contribution >= 4 is 51.4 Å². The number of aromatic nitrogens is 2. The third-order valence-corrected chi connectivity index (χ3v) is 5.59. The Morgan fingerprint density at radius 3 is 2.17 bits per heavy atom. The molecule has 0 spiro atoms. The van der Waals surface area contributed by atoms with Gasteiger partial charge < -0.3 is 14.4 Å². The van der Waals surface area contributed by atoms with Gasteiger partial charge in [0.05, 0.1) is 43.0 Å². The van der Waals surface area contributed by atoms with E-state index in [1.165, 1.54) is 19.1 Å². The number of anilines is 1. The van der Waals surface area contributed by atoms with Crippen molar-refractivity contribution in [1.82, 2.24) is 9.97 Å². The minimum atomic E-state index is -2.77. The van der Waals surface area contributed by atoms with Crippen LogP contribution >= 0.6 is 34.8 Å². The Bertz CT molecular complexity index is 1090. The molecular weight excluding hydrogens is 447 g/mol. The van der Waals surface area contributed by atoms with Crippen LogP contribution in [0.5, 0.6) is 11.5 Å². The topological polar surface area (TPSA) is 47.5 Å². The van der Waals surface area contributed by atoms with E-state index in [1.54, 1.807) is 24.4 Å². The number of hydrogen-bond acceptors (Lipinski definition) is 5. The highest BCUT2D eigenvalue weighted by molar-refractivity contribution is 6.41. The molecule has 10 heteroatoms. The molecule has 0 unspecified atom stereocenters. The molecule has 1 saturated heterocycles. The van der Waals surface area contributed by atoms with E-state index in [1.807, 2.05) is 0 Å². The molecule has 4 rings (SSSR count). The number of pyridine rings is 2. The maximum absolute atomic E-state index is 13.5. The number of methoxy groups -OCH3 is 2. The second kappa shape index (κ2) is 7.31. The first-order valence-corrected chi connectivity index (χ1v) is 9.57. The van der Waals surface area contributed by atoms with E-state index in [4.69, 9.17) is 44.3 Å². The zero-order valence-corrected chi connectivity index (χ0v) is 17.5. The Labute approximate surface area is 180 Å². The monoisotopic (exact) mass is 459 g/mol. The molecule has 0 N–H and O–H groups in total. The van der Waals surface area contributed by atoms with Gasteiger partial charge in [0, 0.05) is 28.6 Å². The lowest BCUT2D eigenvalue weighted by molar-refractivity contribution is -0.0265. The molecule has 2 aromatic heterocycles. The molecule has 0 radical (unpaired) electrons. The van der Waals surface area contributed by atoms with Crippen LogP contribution in [0.15, 0.2) is 24.4 Å². The second-order valence-electron chi connectivity index (χ2n) is 6.56. The van der Waals surface area contributed by atoms with Crippen molar-refractivity contribution < 1.29 is 18.3 Å². The normalized spacial score (nSPS) is 15.3. The third-order valence-electron chi connectivity index (χ3n) is 4.63. The van der Waals surface area contributed by atoms with Gasteiger partial charge in [0.15, 0.2) is 0 Å². The summed E-state index contributed by atoms with van der Waals surface area (Å²) in [6.45, 7) is -0.886. The maximum atomic E-state index is 13.5. The Morgan fingerprint density at radius 2 is 1.62 bits per heavy atom. The van der Waals surface area contributed by atoms with Crippen LogP contribution in [0.3, 0.4) is 0 Å². The van der Waals surface area contributed by atoms with Crippen LogP contribution in [0.4, 0.5) is 14.6 Å². The van der Waals surface area contributed by atoms with Crippen molar-refractivity contribution in [2.75, 3.05) is 32.2 Å². The van der Waals surface area contributed by atoms with Crippen LogP contribution in [0, 0.1) is 0 Å². The van der Waals surface area contributed by atoms with Gasteiger partial charge in [-0.05, 0) is 12.1 Å². The van der Waals surface area contributed by atoms with Gasteiger partial charge in [-0.15, -0.1) is 0 Å². The van der Waals surface area contributed by atoms with E-state index in [2.05, 4.69) is 9.97 Å². The molecule has 1 fully saturated rings. The maximum Gasteiger partial charge on any atom is 0.282 e. The van der Waals surface area contributed by atoms with Crippen LogP contribution in [0.25, 0.3) is 22.0 Å². The highest BCUT2D eigenvalue weighted by Gasteiger charge is 2.45. The smallest absolute Gasteiger partial charge is 0.282 e. The number of fused-ring (bicyclic) bond motifs is 1. The lowest BCUT2D eigenvalue weighted by atomic mass is 10.0. The number of nitrogens with zero attached hydrogens (tertiary/aromatic N) is 3. The third kappa shape index (κ3) is 3.52. The summed E-state index contributed by atoms with van der Waals surface area (Å²) in [5.41, 5.74) is 0.744. The summed E-state index contributed by atoms with van der Waals surface area (Å²) in [5.74, 6) is -1.73. The first-order valence-electron chi connectivity index (χ1n) is 8.43. The average molecular weight is 461 g/mol. The van der Waals surface area contributed by atoms with E-state index in [-0.39, 0.29) is 15.2 Å². The highest BCUT2D eigenvalue weighted by atomic mass is 35.5. The number of halogens is 5. The fraction of sp³-hybridized carbons (Fsp3) is 0.263. The molecule has 29 heavy (non-hydrogen) atoms. The molecule has 5 nitrogen and oxygen atoms in total. The van der Waals surface area contributed by atoms with E-state index in [0.717, 1.165) is 0 Å². The molecular formula is C19H14Cl3F2N3O2. The van der Waals surface area contributed by atoms with Gasteiger partial charge >= 0.3 is 0 Å². The molecule has 0 bridgehead atoms.